The van der Waals surface area contributed by atoms with Gasteiger partial charge in [-0.1, -0.05) is 24.3 Å². The van der Waals surface area contributed by atoms with Crippen LogP contribution >= 0.6 is 0 Å². The summed E-state index contributed by atoms with van der Waals surface area (Å²) in [5, 5.41) is 9.80. The Morgan fingerprint density at radius 1 is 0.929 bits per heavy atom. The molecule has 1 heterocycles. The zero-order chi connectivity index (χ0) is 19.4. The highest BCUT2D eigenvalue weighted by Gasteiger charge is 2.32. The number of rotatable bonds is 2. The Hall–Kier alpha value is -3.93. The number of ketones is 2. The first-order valence-corrected chi connectivity index (χ1v) is 8.67. The first-order chi connectivity index (χ1) is 13.6. The number of H-pyrrole nitrogens is 1. The number of ether oxygens (including phenoxy) is 1. The van der Waals surface area contributed by atoms with Crippen LogP contribution in [0, 0.1) is 0 Å². The fourth-order valence-corrected chi connectivity index (χ4v) is 3.62. The number of phenols is 1. The number of phenolic OH excluding ortho intramolecular Hbond substituents is 1. The van der Waals surface area contributed by atoms with E-state index in [0.29, 0.717) is 50.4 Å². The molecule has 0 amide bonds. The number of carbonyl (C=O) groups excluding carboxylic acids is 2. The summed E-state index contributed by atoms with van der Waals surface area (Å²) < 4.78 is 5.15. The van der Waals surface area contributed by atoms with E-state index < -0.39 is 0 Å². The van der Waals surface area contributed by atoms with Crippen LogP contribution in [0.15, 0.2) is 54.6 Å². The number of carbonyl (C=O) groups is 2. The highest BCUT2D eigenvalue weighted by atomic mass is 16.5. The van der Waals surface area contributed by atoms with Crippen LogP contribution in [-0.4, -0.2) is 33.8 Å². The highest BCUT2D eigenvalue weighted by molar-refractivity contribution is 6.31. The maximum Gasteiger partial charge on any atom is 0.196 e. The van der Waals surface area contributed by atoms with E-state index >= 15 is 0 Å². The first kappa shape index (κ1) is 16.3. The second kappa shape index (κ2) is 5.79. The minimum atomic E-state index is -0.211. The second-order valence-corrected chi connectivity index (χ2v) is 6.56. The van der Waals surface area contributed by atoms with Crippen molar-refractivity contribution in [2.45, 2.75) is 0 Å². The van der Waals surface area contributed by atoms with Gasteiger partial charge in [-0.05, 0) is 30.3 Å². The summed E-state index contributed by atoms with van der Waals surface area (Å²) in [4.78, 5) is 33.7. The smallest absolute Gasteiger partial charge is 0.196 e. The Morgan fingerprint density at radius 3 is 2.43 bits per heavy atom. The molecule has 6 nitrogen and oxygen atoms in total. The van der Waals surface area contributed by atoms with Crippen LogP contribution < -0.4 is 4.74 Å². The van der Waals surface area contributed by atoms with Gasteiger partial charge in [0.25, 0.3) is 0 Å². The van der Waals surface area contributed by atoms with E-state index in [1.165, 1.54) is 13.2 Å². The van der Waals surface area contributed by atoms with Gasteiger partial charge in [-0.3, -0.25) is 9.59 Å². The molecular weight excluding hydrogens is 356 g/mol. The van der Waals surface area contributed by atoms with Crippen molar-refractivity contribution in [2.24, 2.45) is 0 Å². The van der Waals surface area contributed by atoms with Crippen LogP contribution in [0.1, 0.15) is 31.8 Å². The van der Waals surface area contributed by atoms with E-state index in [0.717, 1.165) is 0 Å². The number of benzene rings is 3. The van der Waals surface area contributed by atoms with Gasteiger partial charge in [0.2, 0.25) is 0 Å². The zero-order valence-corrected chi connectivity index (χ0v) is 14.8. The molecule has 0 radical (unpaired) electrons. The molecule has 5 rings (SSSR count). The topological polar surface area (TPSA) is 92.3 Å². The molecule has 0 bridgehead atoms. The summed E-state index contributed by atoms with van der Waals surface area (Å²) in [5.41, 5.74) is 3.28. The lowest BCUT2D eigenvalue weighted by molar-refractivity contribution is 0.0980. The van der Waals surface area contributed by atoms with Gasteiger partial charge in [-0.2, -0.15) is 0 Å². The highest BCUT2D eigenvalue weighted by Crippen LogP contribution is 2.35. The van der Waals surface area contributed by atoms with Crippen LogP contribution in [0.3, 0.4) is 0 Å². The SMILES string of the molecule is COc1cc(-c2nc3c4c(ccc3[nH]2)C(=O)c2ccccc2C4=O)ccc1O. The van der Waals surface area contributed by atoms with Crippen LogP contribution in [0.4, 0.5) is 0 Å². The van der Waals surface area contributed by atoms with E-state index in [2.05, 4.69) is 9.97 Å². The Morgan fingerprint density at radius 2 is 1.68 bits per heavy atom. The largest absolute Gasteiger partial charge is 0.504 e. The van der Waals surface area contributed by atoms with Crippen LogP contribution in [-0.2, 0) is 0 Å². The van der Waals surface area contributed by atoms with Crippen molar-refractivity contribution >= 4 is 22.6 Å². The lowest BCUT2D eigenvalue weighted by atomic mass is 9.83. The fraction of sp³-hybridized carbons (Fsp3) is 0.0455. The first-order valence-electron chi connectivity index (χ1n) is 8.67. The number of aromatic hydroxyl groups is 1. The molecule has 136 valence electrons. The molecule has 0 spiro atoms. The number of hydrogen-bond donors (Lipinski definition) is 2. The monoisotopic (exact) mass is 370 g/mol. The van der Waals surface area contributed by atoms with Crippen molar-refractivity contribution in [3.05, 3.63) is 76.9 Å². The van der Waals surface area contributed by atoms with E-state index in [4.69, 9.17) is 4.74 Å². The van der Waals surface area contributed by atoms with Gasteiger partial charge in [0.05, 0.1) is 18.2 Å². The predicted octanol–water partition coefficient (Wildman–Crippen LogP) is 3.72. The summed E-state index contributed by atoms with van der Waals surface area (Å²) in [7, 11) is 1.47. The Bertz CT molecular complexity index is 1300. The molecule has 6 heteroatoms. The standard InChI is InChI=1S/C22H14N2O4/c1-28-17-10-11(6-9-16(17)25)22-23-15-8-7-14-18(19(15)24-22)21(27)13-5-3-2-4-12(13)20(14)26/h2-10,25H,1H3,(H,23,24). The summed E-state index contributed by atoms with van der Waals surface area (Å²) in [6.07, 6.45) is 0. The van der Waals surface area contributed by atoms with Crippen LogP contribution in [0.25, 0.3) is 22.4 Å². The molecule has 1 aromatic heterocycles. The van der Waals surface area contributed by atoms with Crippen molar-refractivity contribution in [1.82, 2.24) is 9.97 Å². The second-order valence-electron chi connectivity index (χ2n) is 6.56. The molecule has 0 saturated carbocycles. The number of methoxy groups -OCH3 is 1. The molecule has 4 aromatic rings. The van der Waals surface area contributed by atoms with Gasteiger partial charge in [0.1, 0.15) is 11.3 Å². The number of imidazole rings is 1. The quantitative estimate of drug-likeness (QED) is 0.494. The fourth-order valence-electron chi connectivity index (χ4n) is 3.62. The average Bonchev–Trinajstić information content (AvgIpc) is 3.16. The minimum absolute atomic E-state index is 0.0251. The Labute approximate surface area is 159 Å². The normalized spacial score (nSPS) is 12.8. The Kier molecular flexibility index (Phi) is 3.36. The van der Waals surface area contributed by atoms with Gasteiger partial charge in [0.15, 0.2) is 23.1 Å². The predicted molar refractivity (Wildman–Crippen MR) is 103 cm³/mol. The average molecular weight is 370 g/mol. The number of hydrogen-bond acceptors (Lipinski definition) is 5. The van der Waals surface area contributed by atoms with E-state index in [-0.39, 0.29) is 17.3 Å². The molecule has 28 heavy (non-hydrogen) atoms. The lowest BCUT2D eigenvalue weighted by Gasteiger charge is -2.17. The zero-order valence-electron chi connectivity index (χ0n) is 14.8. The maximum absolute atomic E-state index is 13.1. The third-order valence-corrected chi connectivity index (χ3v) is 5.00. The van der Waals surface area contributed by atoms with Gasteiger partial charge in [0, 0.05) is 22.3 Å². The molecule has 0 aliphatic heterocycles. The minimum Gasteiger partial charge on any atom is -0.504 e. The van der Waals surface area contributed by atoms with E-state index in [1.54, 1.807) is 48.5 Å². The van der Waals surface area contributed by atoms with Crippen molar-refractivity contribution < 1.29 is 19.4 Å². The van der Waals surface area contributed by atoms with Crippen LogP contribution in [0.2, 0.25) is 0 Å². The lowest BCUT2D eigenvalue weighted by Crippen LogP contribution is -2.21. The van der Waals surface area contributed by atoms with Crippen molar-refractivity contribution in [1.29, 1.82) is 0 Å². The Balaban J connectivity index is 1.73. The van der Waals surface area contributed by atoms with Crippen molar-refractivity contribution in [3.63, 3.8) is 0 Å². The van der Waals surface area contributed by atoms with Gasteiger partial charge in [-0.25, -0.2) is 4.98 Å². The molecule has 0 atom stereocenters. The molecule has 1 aliphatic carbocycles. The molecule has 1 aliphatic rings. The van der Waals surface area contributed by atoms with Gasteiger partial charge < -0.3 is 14.8 Å². The molecule has 0 fully saturated rings. The van der Waals surface area contributed by atoms with E-state index in [1.807, 2.05) is 0 Å². The number of aromatic amines is 1. The third-order valence-electron chi connectivity index (χ3n) is 5.00. The molecule has 0 unspecified atom stereocenters. The summed E-state index contributed by atoms with van der Waals surface area (Å²) >= 11 is 0. The summed E-state index contributed by atoms with van der Waals surface area (Å²) in [6, 6.07) is 15.1. The van der Waals surface area contributed by atoms with Crippen molar-refractivity contribution in [3.8, 4) is 22.9 Å². The summed E-state index contributed by atoms with van der Waals surface area (Å²) in [6.45, 7) is 0. The maximum atomic E-state index is 13.1. The van der Waals surface area contributed by atoms with E-state index in [9.17, 15) is 14.7 Å². The third kappa shape index (κ3) is 2.18. The molecule has 3 aromatic carbocycles. The number of fused-ring (bicyclic) bond motifs is 4. The van der Waals surface area contributed by atoms with Crippen LogP contribution in [0.5, 0.6) is 11.5 Å². The van der Waals surface area contributed by atoms with Crippen molar-refractivity contribution in [2.75, 3.05) is 7.11 Å². The number of nitrogens with zero attached hydrogens (tertiary/aromatic N) is 1. The molecular formula is C22H14N2O4. The summed E-state index contributed by atoms with van der Waals surface area (Å²) in [5.74, 6) is 0.471. The molecule has 2 N–H and O–H groups in total. The molecule has 0 saturated heterocycles. The number of aromatic nitrogens is 2. The number of nitrogens with one attached hydrogen (secondary N) is 1. The van der Waals surface area contributed by atoms with Gasteiger partial charge in [-0.15, -0.1) is 0 Å². The van der Waals surface area contributed by atoms with Gasteiger partial charge >= 0.3 is 0 Å².